The molecule has 4 nitrogen and oxygen atoms in total. The Morgan fingerprint density at radius 1 is 1.35 bits per heavy atom. The van der Waals surface area contributed by atoms with Gasteiger partial charge in [0.1, 0.15) is 5.75 Å². The number of hydrogen-bond donors (Lipinski definition) is 1. The zero-order valence-electron chi connectivity index (χ0n) is 12.6. The maximum absolute atomic E-state index is 10.8. The second-order valence-corrected chi connectivity index (χ2v) is 5.66. The van der Waals surface area contributed by atoms with Gasteiger partial charge in [0.15, 0.2) is 0 Å². The van der Waals surface area contributed by atoms with Crippen molar-refractivity contribution in [3.63, 3.8) is 0 Å². The molecule has 2 rings (SSSR count). The van der Waals surface area contributed by atoms with E-state index in [0.717, 1.165) is 37.6 Å². The lowest BCUT2D eigenvalue weighted by Gasteiger charge is -2.43. The molecule has 1 saturated heterocycles. The molecule has 1 heterocycles. The van der Waals surface area contributed by atoms with Gasteiger partial charge in [0, 0.05) is 18.6 Å². The zero-order chi connectivity index (χ0) is 14.6. The third-order valence-electron chi connectivity index (χ3n) is 3.98. The van der Waals surface area contributed by atoms with Crippen molar-refractivity contribution in [2.45, 2.75) is 32.4 Å². The van der Waals surface area contributed by atoms with Gasteiger partial charge >= 0.3 is 0 Å². The summed E-state index contributed by atoms with van der Waals surface area (Å²) in [6.45, 7) is 9.93. The van der Waals surface area contributed by atoms with Gasteiger partial charge in [0.05, 0.1) is 25.9 Å². The molecule has 1 fully saturated rings. The van der Waals surface area contributed by atoms with Crippen molar-refractivity contribution >= 4 is 0 Å². The van der Waals surface area contributed by atoms with E-state index in [1.165, 1.54) is 0 Å². The summed E-state index contributed by atoms with van der Waals surface area (Å²) in [7, 11) is 0. The Morgan fingerprint density at radius 2 is 2.05 bits per heavy atom. The van der Waals surface area contributed by atoms with Crippen LogP contribution in [-0.2, 0) is 4.74 Å². The molecule has 1 aromatic rings. The normalized spacial score (nSPS) is 18.8. The summed E-state index contributed by atoms with van der Waals surface area (Å²) in [5.74, 6) is 0.807. The molecule has 1 atom stereocenters. The lowest BCUT2D eigenvalue weighted by atomic mass is 9.89. The van der Waals surface area contributed by atoms with Gasteiger partial charge in [-0.3, -0.25) is 4.90 Å². The van der Waals surface area contributed by atoms with Gasteiger partial charge in [-0.1, -0.05) is 12.1 Å². The van der Waals surface area contributed by atoms with Crippen molar-refractivity contribution < 1.29 is 14.6 Å². The van der Waals surface area contributed by atoms with E-state index in [0.29, 0.717) is 6.61 Å². The van der Waals surface area contributed by atoms with Crippen molar-refractivity contribution in [3.8, 4) is 5.75 Å². The average Bonchev–Trinajstić information content (AvgIpc) is 2.48. The minimum atomic E-state index is -0.555. The first-order valence-electron chi connectivity index (χ1n) is 7.29. The number of hydrogen-bond acceptors (Lipinski definition) is 4. The average molecular weight is 279 g/mol. The monoisotopic (exact) mass is 279 g/mol. The fourth-order valence-corrected chi connectivity index (χ4v) is 2.66. The van der Waals surface area contributed by atoms with E-state index in [1.807, 2.05) is 31.2 Å². The van der Waals surface area contributed by atoms with E-state index in [9.17, 15) is 5.11 Å². The summed E-state index contributed by atoms with van der Waals surface area (Å²) in [6.07, 6.45) is -0.555. The molecule has 1 aliphatic rings. The molecule has 0 saturated carbocycles. The molecule has 0 aliphatic carbocycles. The highest BCUT2D eigenvalue weighted by molar-refractivity contribution is 5.31. The van der Waals surface area contributed by atoms with Crippen molar-refractivity contribution in [1.29, 1.82) is 0 Å². The highest BCUT2D eigenvalue weighted by atomic mass is 16.5. The quantitative estimate of drug-likeness (QED) is 0.897. The van der Waals surface area contributed by atoms with Gasteiger partial charge < -0.3 is 14.6 Å². The van der Waals surface area contributed by atoms with Gasteiger partial charge in [0.2, 0.25) is 0 Å². The van der Waals surface area contributed by atoms with Crippen LogP contribution in [0.5, 0.6) is 5.75 Å². The van der Waals surface area contributed by atoms with Crippen LogP contribution in [0.1, 0.15) is 32.4 Å². The molecule has 1 unspecified atom stereocenters. The predicted octanol–water partition coefficient (Wildman–Crippen LogP) is 2.23. The van der Waals surface area contributed by atoms with Crippen LogP contribution in [0.15, 0.2) is 24.3 Å². The second kappa shape index (κ2) is 6.57. The van der Waals surface area contributed by atoms with Crippen LogP contribution in [0, 0.1) is 0 Å². The van der Waals surface area contributed by atoms with Gasteiger partial charge in [0.25, 0.3) is 0 Å². The number of nitrogens with zero attached hydrogens (tertiary/aromatic N) is 1. The van der Waals surface area contributed by atoms with E-state index in [1.54, 1.807) is 0 Å². The Morgan fingerprint density at radius 3 is 2.70 bits per heavy atom. The number of morpholine rings is 1. The molecule has 0 amide bonds. The van der Waals surface area contributed by atoms with E-state index in [-0.39, 0.29) is 5.54 Å². The van der Waals surface area contributed by atoms with Crippen molar-refractivity contribution in [2.75, 3.05) is 32.9 Å². The maximum atomic E-state index is 10.8. The van der Waals surface area contributed by atoms with Gasteiger partial charge in [-0.15, -0.1) is 0 Å². The summed E-state index contributed by atoms with van der Waals surface area (Å²) in [5, 5.41) is 10.8. The fourth-order valence-electron chi connectivity index (χ4n) is 2.66. The van der Waals surface area contributed by atoms with Crippen LogP contribution in [0.3, 0.4) is 0 Å². The number of benzene rings is 1. The first-order chi connectivity index (χ1) is 9.55. The molecule has 20 heavy (non-hydrogen) atoms. The van der Waals surface area contributed by atoms with E-state index in [4.69, 9.17) is 9.47 Å². The van der Waals surface area contributed by atoms with Crippen molar-refractivity contribution in [3.05, 3.63) is 29.8 Å². The molecule has 112 valence electrons. The van der Waals surface area contributed by atoms with Crippen LogP contribution in [0.2, 0.25) is 0 Å². The van der Waals surface area contributed by atoms with Crippen LogP contribution in [-0.4, -0.2) is 48.5 Å². The fraction of sp³-hybridized carbons (Fsp3) is 0.625. The molecule has 0 aromatic heterocycles. The first kappa shape index (κ1) is 15.3. The Hall–Kier alpha value is -1.10. The smallest absolute Gasteiger partial charge is 0.119 e. The molecule has 1 N–H and O–H groups in total. The Balaban J connectivity index is 2.15. The van der Waals surface area contributed by atoms with Crippen molar-refractivity contribution in [2.24, 2.45) is 0 Å². The molecule has 1 aromatic carbocycles. The summed E-state index contributed by atoms with van der Waals surface area (Å²) in [6, 6.07) is 7.73. The lowest BCUT2D eigenvalue weighted by molar-refractivity contribution is -0.0630. The van der Waals surface area contributed by atoms with E-state index in [2.05, 4.69) is 18.7 Å². The van der Waals surface area contributed by atoms with E-state index >= 15 is 0 Å². The van der Waals surface area contributed by atoms with Crippen LogP contribution < -0.4 is 4.74 Å². The third kappa shape index (κ3) is 3.32. The minimum Gasteiger partial charge on any atom is -0.494 e. The summed E-state index contributed by atoms with van der Waals surface area (Å²) >= 11 is 0. The first-order valence-corrected chi connectivity index (χ1v) is 7.29. The van der Waals surface area contributed by atoms with Gasteiger partial charge in [-0.25, -0.2) is 0 Å². The molecule has 4 heteroatoms. The molecular weight excluding hydrogens is 254 g/mol. The van der Waals surface area contributed by atoms with Crippen molar-refractivity contribution in [1.82, 2.24) is 4.90 Å². The SMILES string of the molecule is CCOc1cccc(C(O)C(C)(C)N2CCOCC2)c1. The van der Waals surface area contributed by atoms with Gasteiger partial charge in [-0.2, -0.15) is 0 Å². The summed E-state index contributed by atoms with van der Waals surface area (Å²) < 4.78 is 10.9. The second-order valence-electron chi connectivity index (χ2n) is 5.66. The summed E-state index contributed by atoms with van der Waals surface area (Å²) in [4.78, 5) is 2.29. The number of aliphatic hydroxyl groups excluding tert-OH is 1. The maximum Gasteiger partial charge on any atom is 0.119 e. The molecular formula is C16H25NO3. The highest BCUT2D eigenvalue weighted by Gasteiger charge is 2.36. The lowest BCUT2D eigenvalue weighted by Crippen LogP contribution is -2.53. The molecule has 0 radical (unpaired) electrons. The highest BCUT2D eigenvalue weighted by Crippen LogP contribution is 2.32. The zero-order valence-corrected chi connectivity index (χ0v) is 12.6. The third-order valence-corrected chi connectivity index (χ3v) is 3.98. The Kier molecular flexibility index (Phi) is 5.02. The Labute approximate surface area is 121 Å². The Bertz CT molecular complexity index is 427. The predicted molar refractivity (Wildman–Crippen MR) is 79.0 cm³/mol. The van der Waals surface area contributed by atoms with Crippen LogP contribution in [0.4, 0.5) is 0 Å². The topological polar surface area (TPSA) is 41.9 Å². The van der Waals surface area contributed by atoms with Crippen LogP contribution in [0.25, 0.3) is 0 Å². The van der Waals surface area contributed by atoms with E-state index < -0.39 is 6.10 Å². The number of rotatable bonds is 5. The van der Waals surface area contributed by atoms with Gasteiger partial charge in [-0.05, 0) is 38.5 Å². The number of ether oxygens (including phenoxy) is 2. The number of aliphatic hydroxyl groups is 1. The molecule has 0 spiro atoms. The molecule has 0 bridgehead atoms. The molecule has 1 aliphatic heterocycles. The standard InChI is InChI=1S/C16H25NO3/c1-4-20-14-7-5-6-13(12-14)15(18)16(2,3)17-8-10-19-11-9-17/h5-7,12,15,18H,4,8-11H2,1-3H3. The van der Waals surface area contributed by atoms with Crippen LogP contribution >= 0.6 is 0 Å². The minimum absolute atomic E-state index is 0.325. The summed E-state index contributed by atoms with van der Waals surface area (Å²) in [5.41, 5.74) is 0.571. The largest absolute Gasteiger partial charge is 0.494 e.